The molecule has 0 aliphatic carbocycles. The minimum absolute atomic E-state index is 0.0429. The van der Waals surface area contributed by atoms with Gasteiger partial charge in [0.2, 0.25) is 0 Å². The van der Waals surface area contributed by atoms with E-state index in [1.165, 1.54) is 32.8 Å². The summed E-state index contributed by atoms with van der Waals surface area (Å²) in [6.07, 6.45) is -17.1. The fourth-order valence-corrected chi connectivity index (χ4v) is 13.3. The standard InChI is InChI=1S/C72H116O25/c1-10-13-15-16-17-18-21-24-31-37-49(73)90-59-44(7)86-69(57(81)62(59)92-51(75)40-39-47-33-28-26-29-34-47)94-61-46(9)88-72(66(93-67(83)41(4)12-3)65(61)97-68-56(80)54(78)52(76)42(5)84-68)95-60-45(8)87-70-58(82)63(60)91-50(74)38-32-25-22-19-20-23-30-36-48(35-27-14-11-2)89-71-64(96-70)55(79)53(77)43(6)85-71/h26,28-29,33-34,39-46,48,52-66,68-72,76-82H,10-25,27,30-32,35-38H2,1-9H3/t41-,42+,43-,44+,45+,46+,48+,52+,53+,54-,55+,56-,57-,58-,59+,60+,61+,62+,63+,64-,65-,66-,68+,69+,70+,71+,72+/m1/s1. The van der Waals surface area contributed by atoms with Crippen molar-refractivity contribution in [1.82, 2.24) is 0 Å². The predicted octanol–water partition coefficient (Wildman–Crippen LogP) is 7.60. The normalized spacial score (nSPS) is 38.5. The van der Waals surface area contributed by atoms with Crippen molar-refractivity contribution in [3.8, 4) is 0 Å². The molecular weight excluding hydrogens is 1260 g/mol. The number of benzene rings is 1. The Bertz CT molecular complexity index is 2490. The number of aliphatic hydroxyl groups excluding tert-OH is 7. The van der Waals surface area contributed by atoms with Crippen LogP contribution in [0, 0.1) is 5.92 Å². The van der Waals surface area contributed by atoms with Gasteiger partial charge in [-0.25, -0.2) is 4.79 Å². The molecule has 6 heterocycles. The van der Waals surface area contributed by atoms with Crippen molar-refractivity contribution in [3.05, 3.63) is 42.0 Å². The number of rotatable bonds is 27. The summed E-state index contributed by atoms with van der Waals surface area (Å²) >= 11 is 0. The van der Waals surface area contributed by atoms with E-state index in [0.717, 1.165) is 102 Å². The number of fused-ring (bicyclic) bond motifs is 3. The summed E-state index contributed by atoms with van der Waals surface area (Å²) in [6, 6.07) is 8.93. The quantitative estimate of drug-likeness (QED) is 0.0193. The monoisotopic (exact) mass is 1380 g/mol. The van der Waals surface area contributed by atoms with E-state index in [4.69, 9.17) is 66.3 Å². The highest BCUT2D eigenvalue weighted by atomic mass is 16.8. The van der Waals surface area contributed by atoms with Crippen molar-refractivity contribution < 1.29 is 121 Å². The third kappa shape index (κ3) is 23.3. The van der Waals surface area contributed by atoms with Crippen molar-refractivity contribution in [2.45, 2.75) is 376 Å². The van der Waals surface area contributed by atoms with Gasteiger partial charge in [0, 0.05) is 18.9 Å². The van der Waals surface area contributed by atoms with Crippen LogP contribution < -0.4 is 0 Å². The van der Waals surface area contributed by atoms with Crippen LogP contribution in [-0.2, 0) is 85.5 Å². The highest BCUT2D eigenvalue weighted by Crippen LogP contribution is 2.40. The zero-order valence-electron chi connectivity index (χ0n) is 58.6. The minimum Gasteiger partial charge on any atom is -0.456 e. The van der Waals surface area contributed by atoms with E-state index < -0.39 is 183 Å². The van der Waals surface area contributed by atoms with Crippen molar-refractivity contribution >= 4 is 30.0 Å². The average molecular weight is 1380 g/mol. The third-order valence-corrected chi connectivity index (χ3v) is 19.6. The fraction of sp³-hybridized carbons (Fsp3) is 0.833. The van der Waals surface area contributed by atoms with Gasteiger partial charge in [0.25, 0.3) is 0 Å². The summed E-state index contributed by atoms with van der Waals surface area (Å²) < 4.78 is 89.7. The van der Waals surface area contributed by atoms with Crippen molar-refractivity contribution in [2.24, 2.45) is 5.92 Å². The molecule has 6 fully saturated rings. The number of esters is 4. The molecule has 0 aromatic heterocycles. The third-order valence-electron chi connectivity index (χ3n) is 19.6. The number of unbranched alkanes of at least 4 members (excludes halogenated alkanes) is 10. The Kier molecular flexibility index (Phi) is 33.8. The molecule has 97 heavy (non-hydrogen) atoms. The van der Waals surface area contributed by atoms with Crippen LogP contribution in [0.5, 0.6) is 0 Å². The summed E-state index contributed by atoms with van der Waals surface area (Å²) in [6.45, 7) is 15.3. The largest absolute Gasteiger partial charge is 0.456 e. The van der Waals surface area contributed by atoms with Gasteiger partial charge in [0.15, 0.2) is 55.9 Å². The first-order valence-electron chi connectivity index (χ1n) is 36.4. The molecule has 7 N–H and O–H groups in total. The van der Waals surface area contributed by atoms with Crippen LogP contribution in [0.2, 0.25) is 0 Å². The Morgan fingerprint density at radius 1 is 0.495 bits per heavy atom. The van der Waals surface area contributed by atoms with Gasteiger partial charge in [0.05, 0.1) is 42.5 Å². The van der Waals surface area contributed by atoms with Crippen LogP contribution in [0.1, 0.15) is 222 Å². The van der Waals surface area contributed by atoms with E-state index in [-0.39, 0.29) is 25.4 Å². The number of hydrogen-bond acceptors (Lipinski definition) is 25. The molecule has 6 saturated heterocycles. The molecule has 2 bridgehead atoms. The molecule has 25 heteroatoms. The summed E-state index contributed by atoms with van der Waals surface area (Å²) in [7, 11) is 0. The van der Waals surface area contributed by atoms with E-state index in [2.05, 4.69) is 13.8 Å². The van der Waals surface area contributed by atoms with Crippen molar-refractivity contribution in [2.75, 3.05) is 0 Å². The minimum atomic E-state index is -1.95. The molecule has 6 aliphatic heterocycles. The molecule has 0 radical (unpaired) electrons. The second-order valence-corrected chi connectivity index (χ2v) is 27.5. The van der Waals surface area contributed by atoms with Gasteiger partial charge in [0.1, 0.15) is 67.1 Å². The highest BCUT2D eigenvalue weighted by molar-refractivity contribution is 5.87. The molecule has 7 rings (SSSR count). The van der Waals surface area contributed by atoms with Gasteiger partial charge in [-0.15, -0.1) is 0 Å². The van der Waals surface area contributed by atoms with E-state index in [9.17, 15) is 54.9 Å². The smallest absolute Gasteiger partial charge is 0.331 e. The summed E-state index contributed by atoms with van der Waals surface area (Å²) in [5.41, 5.74) is 0.669. The van der Waals surface area contributed by atoms with Crippen LogP contribution in [0.15, 0.2) is 36.4 Å². The lowest BCUT2D eigenvalue weighted by Crippen LogP contribution is -2.68. The number of carbonyl (C=O) groups is 4. The number of hydrogen-bond donors (Lipinski definition) is 7. The van der Waals surface area contributed by atoms with Gasteiger partial charge in [-0.3, -0.25) is 14.4 Å². The number of carbonyl (C=O) groups excluding carboxylic acids is 4. The van der Waals surface area contributed by atoms with Crippen LogP contribution in [-0.4, -0.2) is 219 Å². The molecule has 554 valence electrons. The average Bonchev–Trinajstić information content (AvgIpc) is 0.772. The SMILES string of the molecule is CCCCCCCCCCCC(=O)O[C@@H]1[C@@H](OC(=O)C=Cc2ccccc2)[C@@H](O)[C@H](O[C@@H]2[C@@H](O[C@@H]3O[C@@H](C)[C@H](O)[C@@H](O)[C@H]3O)[C@@H](OC(=O)[C@H](C)CC)[C@H](O[C@@H]3[C@H]4OC(=O)CCCCCCCCC[C@H](CCCCC)O[C@@H]5O[C@H](C)[C@H](O)[C@H](O)[C@H]5O[C@H](O[C@H]3C)[C@@H]4O)O[C@H]2C)O[C@H]1C. The van der Waals surface area contributed by atoms with Gasteiger partial charge < -0.3 is 102 Å². The lowest BCUT2D eigenvalue weighted by atomic mass is 9.95. The Morgan fingerprint density at radius 2 is 1.05 bits per heavy atom. The Hall–Kier alpha value is -3.84. The maximum absolute atomic E-state index is 14.4. The molecular formula is C72H116O25. The van der Waals surface area contributed by atoms with Gasteiger partial charge in [-0.2, -0.15) is 0 Å². The highest BCUT2D eigenvalue weighted by Gasteiger charge is 2.59. The van der Waals surface area contributed by atoms with Crippen LogP contribution in [0.25, 0.3) is 6.08 Å². The number of ether oxygens (including phenoxy) is 14. The lowest BCUT2D eigenvalue weighted by molar-refractivity contribution is -0.399. The maximum Gasteiger partial charge on any atom is 0.331 e. The van der Waals surface area contributed by atoms with E-state index in [1.807, 2.05) is 6.07 Å². The molecule has 0 unspecified atom stereocenters. The molecule has 0 spiro atoms. The molecule has 25 nitrogen and oxygen atoms in total. The summed E-state index contributed by atoms with van der Waals surface area (Å²) in [5, 5.41) is 81.7. The molecule has 1 aromatic carbocycles. The second-order valence-electron chi connectivity index (χ2n) is 27.5. The van der Waals surface area contributed by atoms with Gasteiger partial charge in [-0.1, -0.05) is 167 Å². The zero-order chi connectivity index (χ0) is 70.3. The first kappa shape index (κ1) is 80.5. The molecule has 0 amide bonds. The number of aliphatic hydroxyl groups is 7. The molecule has 0 saturated carbocycles. The van der Waals surface area contributed by atoms with E-state index in [0.29, 0.717) is 31.2 Å². The molecule has 6 aliphatic rings. The van der Waals surface area contributed by atoms with E-state index >= 15 is 0 Å². The Labute approximate surface area is 573 Å². The first-order chi connectivity index (χ1) is 46.5. The predicted molar refractivity (Wildman–Crippen MR) is 350 cm³/mol. The molecule has 1 aromatic rings. The fourth-order valence-electron chi connectivity index (χ4n) is 13.3. The van der Waals surface area contributed by atoms with Crippen molar-refractivity contribution in [1.29, 1.82) is 0 Å². The Balaban J connectivity index is 1.22. The molecule has 27 atom stereocenters. The lowest BCUT2D eigenvalue weighted by Gasteiger charge is -2.51. The van der Waals surface area contributed by atoms with Gasteiger partial charge >= 0.3 is 23.9 Å². The van der Waals surface area contributed by atoms with E-state index in [1.54, 1.807) is 58.9 Å². The van der Waals surface area contributed by atoms with Gasteiger partial charge in [-0.05, 0) is 78.4 Å². The first-order valence-corrected chi connectivity index (χ1v) is 36.4. The summed E-state index contributed by atoms with van der Waals surface area (Å²) in [5.74, 6) is -3.81. The second kappa shape index (κ2) is 40.7. The Morgan fingerprint density at radius 3 is 1.74 bits per heavy atom. The van der Waals surface area contributed by atoms with Crippen molar-refractivity contribution in [3.63, 3.8) is 0 Å². The zero-order valence-corrected chi connectivity index (χ0v) is 58.6. The van der Waals surface area contributed by atoms with Crippen LogP contribution in [0.3, 0.4) is 0 Å². The van der Waals surface area contributed by atoms with Crippen LogP contribution >= 0.6 is 0 Å². The maximum atomic E-state index is 14.4. The summed E-state index contributed by atoms with van der Waals surface area (Å²) in [4.78, 5) is 56.0. The van der Waals surface area contributed by atoms with Crippen LogP contribution in [0.4, 0.5) is 0 Å². The topological polar surface area (TPSA) is 339 Å².